The fraction of sp³-hybridized carbons (Fsp3) is 0.321. The highest BCUT2D eigenvalue weighted by atomic mass is 16.6. The normalized spacial score (nSPS) is 13.9. The Morgan fingerprint density at radius 1 is 0.943 bits per heavy atom. The van der Waals surface area contributed by atoms with Gasteiger partial charge in [-0.1, -0.05) is 30.3 Å². The van der Waals surface area contributed by atoms with Crippen molar-refractivity contribution in [2.45, 2.75) is 32.6 Å². The Hall–Kier alpha value is -3.87. The van der Waals surface area contributed by atoms with Gasteiger partial charge in [0, 0.05) is 31.4 Å². The molecule has 1 fully saturated rings. The van der Waals surface area contributed by atoms with E-state index in [2.05, 4.69) is 11.1 Å². The summed E-state index contributed by atoms with van der Waals surface area (Å²) in [6, 6.07) is 18.8. The highest BCUT2D eigenvalue weighted by Gasteiger charge is 2.24. The van der Waals surface area contributed by atoms with Gasteiger partial charge in [0.1, 0.15) is 11.5 Å². The Morgan fingerprint density at radius 3 is 2.23 bits per heavy atom. The summed E-state index contributed by atoms with van der Waals surface area (Å²) < 4.78 is 11.4. The molecule has 1 aromatic heterocycles. The molecule has 1 aliphatic heterocycles. The van der Waals surface area contributed by atoms with Crippen molar-refractivity contribution in [3.63, 3.8) is 0 Å². The minimum absolute atomic E-state index is 0.00386. The maximum atomic E-state index is 12.6. The number of carboxylic acids is 1. The van der Waals surface area contributed by atoms with Gasteiger partial charge in [0.25, 0.3) is 0 Å². The molecule has 3 aromatic rings. The number of benzene rings is 2. The first kappa shape index (κ1) is 24.3. The molecule has 1 N–H and O–H groups in total. The Labute approximate surface area is 205 Å². The molecule has 0 unspecified atom stereocenters. The molecule has 35 heavy (non-hydrogen) atoms. The van der Waals surface area contributed by atoms with E-state index in [1.165, 1.54) is 0 Å². The number of carbonyl (C=O) groups excluding carboxylic acids is 1. The number of carbonyl (C=O) groups is 2. The van der Waals surface area contributed by atoms with Crippen molar-refractivity contribution < 1.29 is 24.2 Å². The summed E-state index contributed by atoms with van der Waals surface area (Å²) >= 11 is 0. The van der Waals surface area contributed by atoms with Crippen LogP contribution in [-0.4, -0.2) is 46.7 Å². The second-order valence-corrected chi connectivity index (χ2v) is 8.97. The summed E-state index contributed by atoms with van der Waals surface area (Å²) in [6.07, 6.45) is 3.96. The van der Waals surface area contributed by atoms with Crippen molar-refractivity contribution in [3.05, 3.63) is 89.2 Å². The highest BCUT2D eigenvalue weighted by Crippen LogP contribution is 2.22. The summed E-state index contributed by atoms with van der Waals surface area (Å²) in [5.41, 5.74) is 3.99. The van der Waals surface area contributed by atoms with Crippen LogP contribution in [0.5, 0.6) is 11.5 Å². The number of nitrogens with zero attached hydrogens (tertiary/aromatic N) is 2. The fourth-order valence-corrected chi connectivity index (χ4v) is 4.03. The van der Waals surface area contributed by atoms with Crippen molar-refractivity contribution in [3.8, 4) is 11.5 Å². The zero-order valence-electron chi connectivity index (χ0n) is 19.9. The lowest BCUT2D eigenvalue weighted by molar-refractivity contribution is -0.136. The van der Waals surface area contributed by atoms with Gasteiger partial charge < -0.3 is 19.5 Å². The standard InChI is InChI=1S/C28H30N2O5/c1-20-2-7-24(29-18-20)16-21-5-10-26(11-6-21)35-28(33)30-14-12-23(13-15-30)19-34-25-8-3-22(4-9-25)17-27(31)32/h2-11,18,23H,12-17,19H2,1H3,(H,31,32). The fourth-order valence-electron chi connectivity index (χ4n) is 4.03. The lowest BCUT2D eigenvalue weighted by Crippen LogP contribution is -2.41. The number of likely N-dealkylation sites (tertiary alicyclic amines) is 1. The summed E-state index contributed by atoms with van der Waals surface area (Å²) in [6.45, 7) is 3.84. The lowest BCUT2D eigenvalue weighted by atomic mass is 9.98. The predicted octanol–water partition coefficient (Wildman–Crippen LogP) is 4.90. The van der Waals surface area contributed by atoms with Gasteiger partial charge in [-0.15, -0.1) is 0 Å². The molecule has 2 aromatic carbocycles. The van der Waals surface area contributed by atoms with Crippen LogP contribution < -0.4 is 9.47 Å². The average molecular weight is 475 g/mol. The van der Waals surface area contributed by atoms with E-state index in [1.807, 2.05) is 43.5 Å². The van der Waals surface area contributed by atoms with Crippen molar-refractivity contribution in [2.75, 3.05) is 19.7 Å². The maximum Gasteiger partial charge on any atom is 0.415 e. The number of aromatic nitrogens is 1. The molecule has 0 aliphatic carbocycles. The molecule has 0 saturated carbocycles. The van der Waals surface area contributed by atoms with Gasteiger partial charge in [-0.05, 0) is 72.7 Å². The van der Waals surface area contributed by atoms with Crippen molar-refractivity contribution >= 4 is 12.1 Å². The van der Waals surface area contributed by atoms with E-state index < -0.39 is 5.97 Å². The van der Waals surface area contributed by atoms with Crippen molar-refractivity contribution in [1.29, 1.82) is 0 Å². The van der Waals surface area contributed by atoms with E-state index in [0.29, 0.717) is 31.4 Å². The topological polar surface area (TPSA) is 89.0 Å². The first-order valence-electron chi connectivity index (χ1n) is 11.9. The van der Waals surface area contributed by atoms with E-state index in [1.54, 1.807) is 29.2 Å². The van der Waals surface area contributed by atoms with Gasteiger partial charge in [-0.25, -0.2) is 4.79 Å². The summed E-state index contributed by atoms with van der Waals surface area (Å²) in [5.74, 6) is 0.763. The molecule has 0 atom stereocenters. The zero-order chi connectivity index (χ0) is 24.6. The highest BCUT2D eigenvalue weighted by molar-refractivity contribution is 5.71. The minimum atomic E-state index is -0.850. The lowest BCUT2D eigenvalue weighted by Gasteiger charge is -2.31. The van der Waals surface area contributed by atoms with Crippen LogP contribution in [0.2, 0.25) is 0 Å². The molecule has 2 heterocycles. The van der Waals surface area contributed by atoms with Gasteiger partial charge in [-0.3, -0.25) is 9.78 Å². The van der Waals surface area contributed by atoms with E-state index in [-0.39, 0.29) is 12.5 Å². The number of piperidine rings is 1. The van der Waals surface area contributed by atoms with Crippen LogP contribution in [-0.2, 0) is 17.6 Å². The summed E-state index contributed by atoms with van der Waals surface area (Å²) in [5, 5.41) is 8.85. The number of rotatable bonds is 8. The Balaban J connectivity index is 1.19. The van der Waals surface area contributed by atoms with Crippen LogP contribution >= 0.6 is 0 Å². The second kappa shape index (κ2) is 11.5. The number of amides is 1. The first-order chi connectivity index (χ1) is 16.9. The molecule has 7 nitrogen and oxygen atoms in total. The van der Waals surface area contributed by atoms with Gasteiger partial charge >= 0.3 is 12.1 Å². The quantitative estimate of drug-likeness (QED) is 0.500. The molecule has 1 aliphatic rings. The predicted molar refractivity (Wildman–Crippen MR) is 132 cm³/mol. The first-order valence-corrected chi connectivity index (χ1v) is 11.9. The third-order valence-electron chi connectivity index (χ3n) is 6.12. The largest absolute Gasteiger partial charge is 0.493 e. The molecule has 0 spiro atoms. The van der Waals surface area contributed by atoms with Gasteiger partial charge in [0.15, 0.2) is 0 Å². The molecular weight excluding hydrogens is 444 g/mol. The van der Waals surface area contributed by atoms with E-state index in [0.717, 1.165) is 47.4 Å². The van der Waals surface area contributed by atoms with Gasteiger partial charge in [0.2, 0.25) is 0 Å². The number of hydrogen-bond donors (Lipinski definition) is 1. The number of aliphatic carboxylic acids is 1. The number of carboxylic acid groups (broad SMARTS) is 1. The molecule has 0 radical (unpaired) electrons. The van der Waals surface area contributed by atoms with E-state index >= 15 is 0 Å². The number of ether oxygens (including phenoxy) is 2. The SMILES string of the molecule is Cc1ccc(Cc2ccc(OC(=O)N3CCC(COc4ccc(CC(=O)O)cc4)CC3)cc2)nc1. The van der Waals surface area contributed by atoms with Crippen LogP contribution in [0.25, 0.3) is 0 Å². The van der Waals surface area contributed by atoms with Crippen LogP contribution in [0, 0.1) is 12.8 Å². The third-order valence-corrected chi connectivity index (χ3v) is 6.12. The Kier molecular flexibility index (Phi) is 7.98. The van der Waals surface area contributed by atoms with Crippen LogP contribution in [0.15, 0.2) is 66.9 Å². The zero-order valence-corrected chi connectivity index (χ0v) is 19.9. The van der Waals surface area contributed by atoms with Crippen LogP contribution in [0.3, 0.4) is 0 Å². The smallest absolute Gasteiger partial charge is 0.415 e. The summed E-state index contributed by atoms with van der Waals surface area (Å²) in [4.78, 5) is 29.5. The maximum absolute atomic E-state index is 12.6. The molecule has 0 bridgehead atoms. The van der Waals surface area contributed by atoms with Crippen LogP contribution in [0.4, 0.5) is 4.79 Å². The monoisotopic (exact) mass is 474 g/mol. The molecule has 7 heteroatoms. The van der Waals surface area contributed by atoms with Gasteiger partial charge in [-0.2, -0.15) is 0 Å². The number of hydrogen-bond acceptors (Lipinski definition) is 5. The third kappa shape index (κ3) is 7.30. The number of aryl methyl sites for hydroxylation is 1. The van der Waals surface area contributed by atoms with Gasteiger partial charge in [0.05, 0.1) is 13.0 Å². The van der Waals surface area contributed by atoms with E-state index in [9.17, 15) is 9.59 Å². The second-order valence-electron chi connectivity index (χ2n) is 8.97. The molecule has 182 valence electrons. The molecule has 1 saturated heterocycles. The van der Waals surface area contributed by atoms with Crippen molar-refractivity contribution in [2.24, 2.45) is 5.92 Å². The summed E-state index contributed by atoms with van der Waals surface area (Å²) in [7, 11) is 0. The van der Waals surface area contributed by atoms with Crippen molar-refractivity contribution in [1.82, 2.24) is 9.88 Å². The van der Waals surface area contributed by atoms with Crippen LogP contribution in [0.1, 0.15) is 35.2 Å². The molecular formula is C28H30N2O5. The molecule has 1 amide bonds. The number of pyridine rings is 1. The van der Waals surface area contributed by atoms with E-state index in [4.69, 9.17) is 14.6 Å². The average Bonchev–Trinajstić information content (AvgIpc) is 2.86. The Morgan fingerprint density at radius 2 is 1.60 bits per heavy atom. The minimum Gasteiger partial charge on any atom is -0.493 e. The Bertz CT molecular complexity index is 1120. The molecule has 4 rings (SSSR count).